The van der Waals surface area contributed by atoms with Crippen molar-refractivity contribution in [1.82, 2.24) is 0 Å². The van der Waals surface area contributed by atoms with Gasteiger partial charge in [-0.1, -0.05) is 42.1 Å². The predicted octanol–water partition coefficient (Wildman–Crippen LogP) is 2.91. The van der Waals surface area contributed by atoms with Gasteiger partial charge in [0, 0.05) is 0 Å². The molecule has 0 saturated heterocycles. The van der Waals surface area contributed by atoms with Gasteiger partial charge in [-0.05, 0) is 18.8 Å². The summed E-state index contributed by atoms with van der Waals surface area (Å²) in [7, 11) is 1.39. The Labute approximate surface area is 106 Å². The summed E-state index contributed by atoms with van der Waals surface area (Å²) in [6.07, 6.45) is 6.42. The molecule has 1 rings (SSSR count). The Morgan fingerprint density at radius 3 is 2.75 bits per heavy atom. The molecule has 0 radical (unpaired) electrons. The molecule has 1 saturated carbocycles. The number of hydrogen-bond acceptors (Lipinski definition) is 3. The highest BCUT2D eigenvalue weighted by atomic mass is 79.9. The fraction of sp³-hybridized carbons (Fsp3) is 0.917. The van der Waals surface area contributed by atoms with Crippen molar-refractivity contribution in [3.05, 3.63) is 0 Å². The number of methoxy groups -OCH3 is 1. The smallest absolute Gasteiger partial charge is 0.321 e. The van der Waals surface area contributed by atoms with Crippen LogP contribution in [0.5, 0.6) is 0 Å². The summed E-state index contributed by atoms with van der Waals surface area (Å²) in [5, 5.41) is 0. The predicted molar refractivity (Wildman–Crippen MR) is 66.7 cm³/mol. The molecular formula is C12H21BrO3. The van der Waals surface area contributed by atoms with E-state index >= 15 is 0 Å². The van der Waals surface area contributed by atoms with Crippen molar-refractivity contribution >= 4 is 21.9 Å². The number of carbonyl (C=O) groups is 1. The molecule has 0 spiro atoms. The van der Waals surface area contributed by atoms with Crippen LogP contribution in [0.4, 0.5) is 0 Å². The average molecular weight is 293 g/mol. The fourth-order valence-corrected chi connectivity index (χ4v) is 2.60. The van der Waals surface area contributed by atoms with Gasteiger partial charge in [0.25, 0.3) is 0 Å². The van der Waals surface area contributed by atoms with Crippen LogP contribution in [-0.2, 0) is 14.3 Å². The first-order valence-electron chi connectivity index (χ1n) is 6.02. The van der Waals surface area contributed by atoms with Crippen LogP contribution in [0, 0.1) is 5.92 Å². The van der Waals surface area contributed by atoms with Crippen LogP contribution in [0.1, 0.15) is 39.0 Å². The number of carbonyl (C=O) groups excluding carboxylic acids is 1. The summed E-state index contributed by atoms with van der Waals surface area (Å²) in [5.74, 6) is 0.398. The van der Waals surface area contributed by atoms with Crippen LogP contribution in [0.25, 0.3) is 0 Å². The molecule has 0 aliphatic heterocycles. The van der Waals surface area contributed by atoms with Gasteiger partial charge in [-0.2, -0.15) is 0 Å². The lowest BCUT2D eigenvalue weighted by atomic mass is 9.85. The molecule has 3 nitrogen and oxygen atoms in total. The van der Waals surface area contributed by atoms with Gasteiger partial charge in [0.1, 0.15) is 4.83 Å². The first-order valence-corrected chi connectivity index (χ1v) is 6.94. The molecule has 0 aromatic heterocycles. The summed E-state index contributed by atoms with van der Waals surface area (Å²) < 4.78 is 10.5. The van der Waals surface area contributed by atoms with Gasteiger partial charge in [-0.15, -0.1) is 0 Å². The molecule has 1 aliphatic rings. The molecule has 3 unspecified atom stereocenters. The molecule has 94 valence electrons. The van der Waals surface area contributed by atoms with E-state index in [4.69, 9.17) is 4.74 Å². The maximum atomic E-state index is 11.2. The minimum Gasteiger partial charge on any atom is -0.468 e. The minimum absolute atomic E-state index is 0.260. The third-order valence-electron chi connectivity index (χ3n) is 3.28. The van der Waals surface area contributed by atoms with E-state index < -0.39 is 0 Å². The van der Waals surface area contributed by atoms with E-state index in [0.29, 0.717) is 18.6 Å². The summed E-state index contributed by atoms with van der Waals surface area (Å²) in [6, 6.07) is 0. The number of ether oxygens (including phenoxy) is 2. The molecule has 1 fully saturated rings. The Hall–Kier alpha value is -0.0900. The largest absolute Gasteiger partial charge is 0.468 e. The maximum Gasteiger partial charge on any atom is 0.321 e. The summed E-state index contributed by atoms with van der Waals surface area (Å²) >= 11 is 3.27. The van der Waals surface area contributed by atoms with E-state index in [1.54, 1.807) is 0 Å². The molecule has 0 bridgehead atoms. The van der Waals surface area contributed by atoms with Crippen molar-refractivity contribution in [2.75, 3.05) is 13.7 Å². The van der Waals surface area contributed by atoms with Gasteiger partial charge in [0.05, 0.1) is 19.8 Å². The summed E-state index contributed by atoms with van der Waals surface area (Å²) in [4.78, 5) is 10.9. The Morgan fingerprint density at radius 1 is 1.44 bits per heavy atom. The van der Waals surface area contributed by atoms with Crippen molar-refractivity contribution in [3.8, 4) is 0 Å². The Kier molecular flexibility index (Phi) is 6.36. The maximum absolute atomic E-state index is 11.2. The molecule has 4 heteroatoms. The van der Waals surface area contributed by atoms with Crippen molar-refractivity contribution in [2.24, 2.45) is 5.92 Å². The number of alkyl halides is 1. The standard InChI is InChI=1S/C12H21BrO3/c1-3-9-6-4-5-7-11(9)16-8-10(13)12(14)15-2/h9-11H,3-8H2,1-2H3. The Balaban J connectivity index is 2.32. The third-order valence-corrected chi connectivity index (χ3v) is 3.92. The Bertz CT molecular complexity index is 220. The average Bonchev–Trinajstić information content (AvgIpc) is 2.35. The third kappa shape index (κ3) is 4.06. The molecular weight excluding hydrogens is 272 g/mol. The van der Waals surface area contributed by atoms with Gasteiger partial charge in [-0.3, -0.25) is 4.79 Å². The van der Waals surface area contributed by atoms with Gasteiger partial charge in [0.15, 0.2) is 0 Å². The van der Waals surface area contributed by atoms with Gasteiger partial charge in [-0.25, -0.2) is 0 Å². The van der Waals surface area contributed by atoms with Crippen molar-refractivity contribution in [1.29, 1.82) is 0 Å². The SMILES string of the molecule is CCC1CCCCC1OCC(Br)C(=O)OC. The van der Waals surface area contributed by atoms with Crippen molar-refractivity contribution in [3.63, 3.8) is 0 Å². The summed E-state index contributed by atoms with van der Waals surface area (Å²) in [5.41, 5.74) is 0. The monoisotopic (exact) mass is 292 g/mol. The lowest BCUT2D eigenvalue weighted by Crippen LogP contribution is -2.31. The van der Waals surface area contributed by atoms with E-state index in [1.807, 2.05) is 0 Å². The van der Waals surface area contributed by atoms with E-state index in [1.165, 1.54) is 26.4 Å². The van der Waals surface area contributed by atoms with Crippen LogP contribution in [0.2, 0.25) is 0 Å². The lowest BCUT2D eigenvalue weighted by molar-refractivity contribution is -0.141. The van der Waals surface area contributed by atoms with E-state index in [9.17, 15) is 4.79 Å². The molecule has 0 aromatic rings. The minimum atomic E-state index is -0.336. The number of halogens is 1. The molecule has 0 N–H and O–H groups in total. The lowest BCUT2D eigenvalue weighted by Gasteiger charge is -2.31. The van der Waals surface area contributed by atoms with Crippen LogP contribution in [0.3, 0.4) is 0 Å². The van der Waals surface area contributed by atoms with E-state index in [0.717, 1.165) is 12.8 Å². The normalized spacial score (nSPS) is 27.4. The molecule has 16 heavy (non-hydrogen) atoms. The van der Waals surface area contributed by atoms with E-state index in [2.05, 4.69) is 27.6 Å². The van der Waals surface area contributed by atoms with E-state index in [-0.39, 0.29) is 10.8 Å². The fourth-order valence-electron chi connectivity index (χ4n) is 2.26. The second-order valence-electron chi connectivity index (χ2n) is 4.32. The number of hydrogen-bond donors (Lipinski definition) is 0. The van der Waals surface area contributed by atoms with Gasteiger partial charge >= 0.3 is 5.97 Å². The second-order valence-corrected chi connectivity index (χ2v) is 5.42. The second kappa shape index (κ2) is 7.28. The van der Waals surface area contributed by atoms with Crippen LogP contribution < -0.4 is 0 Å². The van der Waals surface area contributed by atoms with Crippen molar-refractivity contribution in [2.45, 2.75) is 50.0 Å². The van der Waals surface area contributed by atoms with Crippen LogP contribution >= 0.6 is 15.9 Å². The highest BCUT2D eigenvalue weighted by molar-refractivity contribution is 9.10. The number of rotatable bonds is 5. The zero-order chi connectivity index (χ0) is 12.0. The zero-order valence-electron chi connectivity index (χ0n) is 10.1. The first kappa shape index (κ1) is 14.0. The van der Waals surface area contributed by atoms with Gasteiger partial charge in [0.2, 0.25) is 0 Å². The van der Waals surface area contributed by atoms with Gasteiger partial charge < -0.3 is 9.47 Å². The van der Waals surface area contributed by atoms with Crippen LogP contribution in [0.15, 0.2) is 0 Å². The van der Waals surface area contributed by atoms with Crippen LogP contribution in [-0.4, -0.2) is 30.6 Å². The molecule has 0 heterocycles. The topological polar surface area (TPSA) is 35.5 Å². The van der Waals surface area contributed by atoms with Crippen molar-refractivity contribution < 1.29 is 14.3 Å². The quantitative estimate of drug-likeness (QED) is 0.577. The molecule has 3 atom stereocenters. The summed E-state index contributed by atoms with van der Waals surface area (Å²) in [6.45, 7) is 2.62. The first-order chi connectivity index (χ1) is 7.69. The highest BCUT2D eigenvalue weighted by Gasteiger charge is 2.26. The number of esters is 1. The highest BCUT2D eigenvalue weighted by Crippen LogP contribution is 2.29. The molecule has 1 aliphatic carbocycles. The molecule has 0 amide bonds. The Morgan fingerprint density at radius 2 is 2.12 bits per heavy atom. The zero-order valence-corrected chi connectivity index (χ0v) is 11.7. The molecule has 0 aromatic carbocycles.